The highest BCUT2D eigenvalue weighted by Crippen LogP contribution is 2.21. The fraction of sp³-hybridized carbons (Fsp3) is 0.600. The van der Waals surface area contributed by atoms with Gasteiger partial charge < -0.3 is 9.64 Å². The van der Waals surface area contributed by atoms with Crippen LogP contribution in [0.25, 0.3) is 0 Å². The van der Waals surface area contributed by atoms with Crippen LogP contribution in [-0.2, 0) is 15.5 Å². The zero-order valence-corrected chi connectivity index (χ0v) is 13.8. The number of hydrogen-bond acceptors (Lipinski definition) is 4. The fourth-order valence-corrected chi connectivity index (χ4v) is 3.47. The summed E-state index contributed by atoms with van der Waals surface area (Å²) in [7, 11) is -1.19. The number of nitrogens with zero attached hydrogens (tertiary/aromatic N) is 2. The summed E-state index contributed by atoms with van der Waals surface area (Å²) in [5, 5.41) is 0.504. The lowest BCUT2D eigenvalue weighted by molar-refractivity contribution is 0.0295. The SMILES string of the molecule is Cc1ccc(S(=O)C2CCN(C(=O)OC(C)(C)C)C2)nc1. The van der Waals surface area contributed by atoms with Crippen LogP contribution in [0.1, 0.15) is 32.8 Å². The minimum absolute atomic E-state index is 0.0762. The molecule has 1 aliphatic heterocycles. The maximum Gasteiger partial charge on any atom is 0.410 e. The second kappa shape index (κ2) is 6.13. The van der Waals surface area contributed by atoms with Crippen molar-refractivity contribution < 1.29 is 13.7 Å². The molecule has 1 aromatic rings. The molecule has 0 saturated carbocycles. The number of aryl methyl sites for hydroxylation is 1. The number of pyridine rings is 1. The highest BCUT2D eigenvalue weighted by atomic mass is 32.2. The lowest BCUT2D eigenvalue weighted by Gasteiger charge is -2.24. The van der Waals surface area contributed by atoms with Gasteiger partial charge in [0.05, 0.1) is 16.0 Å². The molecule has 0 aromatic carbocycles. The predicted molar refractivity (Wildman–Crippen MR) is 81.6 cm³/mol. The Morgan fingerprint density at radius 3 is 2.71 bits per heavy atom. The van der Waals surface area contributed by atoms with E-state index < -0.39 is 16.4 Å². The molecule has 6 heteroatoms. The van der Waals surface area contributed by atoms with E-state index in [0.29, 0.717) is 24.5 Å². The van der Waals surface area contributed by atoms with E-state index >= 15 is 0 Å². The first-order chi connectivity index (χ1) is 9.76. The van der Waals surface area contributed by atoms with Crippen LogP contribution < -0.4 is 0 Å². The van der Waals surface area contributed by atoms with E-state index in [9.17, 15) is 9.00 Å². The van der Waals surface area contributed by atoms with Crippen molar-refractivity contribution in [3.05, 3.63) is 23.9 Å². The van der Waals surface area contributed by atoms with E-state index in [2.05, 4.69) is 4.98 Å². The molecule has 5 nitrogen and oxygen atoms in total. The van der Waals surface area contributed by atoms with E-state index in [-0.39, 0.29) is 11.3 Å². The monoisotopic (exact) mass is 310 g/mol. The Balaban J connectivity index is 1.97. The van der Waals surface area contributed by atoms with Crippen LogP contribution in [0.2, 0.25) is 0 Å². The molecule has 1 amide bonds. The van der Waals surface area contributed by atoms with Crippen LogP contribution in [0.5, 0.6) is 0 Å². The minimum atomic E-state index is -1.19. The number of aromatic nitrogens is 1. The third-order valence-corrected chi connectivity index (χ3v) is 4.83. The highest BCUT2D eigenvalue weighted by molar-refractivity contribution is 7.85. The third kappa shape index (κ3) is 4.27. The van der Waals surface area contributed by atoms with Crippen molar-refractivity contribution >= 4 is 16.9 Å². The molecular weight excluding hydrogens is 288 g/mol. The number of carbonyl (C=O) groups excluding carboxylic acids is 1. The Labute approximate surface area is 128 Å². The van der Waals surface area contributed by atoms with Crippen LogP contribution in [-0.4, -0.2) is 44.1 Å². The Kier molecular flexibility index (Phi) is 4.66. The van der Waals surface area contributed by atoms with Crippen LogP contribution in [0.3, 0.4) is 0 Å². The van der Waals surface area contributed by atoms with Crippen molar-refractivity contribution in [3.63, 3.8) is 0 Å². The van der Waals surface area contributed by atoms with Crippen LogP contribution in [0, 0.1) is 6.92 Å². The van der Waals surface area contributed by atoms with Gasteiger partial charge in [-0.05, 0) is 45.7 Å². The number of carbonyl (C=O) groups is 1. The molecule has 2 unspecified atom stereocenters. The molecule has 2 heterocycles. The fourth-order valence-electron chi connectivity index (χ4n) is 2.14. The van der Waals surface area contributed by atoms with Crippen molar-refractivity contribution in [3.8, 4) is 0 Å². The van der Waals surface area contributed by atoms with Gasteiger partial charge in [-0.2, -0.15) is 0 Å². The highest BCUT2D eigenvalue weighted by Gasteiger charge is 2.33. The molecule has 0 bridgehead atoms. The number of likely N-dealkylation sites (tertiary alicyclic amines) is 1. The molecule has 1 aromatic heterocycles. The van der Waals surface area contributed by atoms with Gasteiger partial charge >= 0.3 is 6.09 Å². The minimum Gasteiger partial charge on any atom is -0.444 e. The molecule has 1 saturated heterocycles. The lowest BCUT2D eigenvalue weighted by atomic mass is 10.2. The van der Waals surface area contributed by atoms with Crippen molar-refractivity contribution in [2.24, 2.45) is 0 Å². The Hall–Kier alpha value is -1.43. The van der Waals surface area contributed by atoms with E-state index in [0.717, 1.165) is 5.56 Å². The summed E-state index contributed by atoms with van der Waals surface area (Å²) >= 11 is 0. The average molecular weight is 310 g/mol. The summed E-state index contributed by atoms with van der Waals surface area (Å²) in [4.78, 5) is 17.8. The first-order valence-corrected chi connectivity index (χ1v) is 8.29. The zero-order valence-electron chi connectivity index (χ0n) is 13.0. The number of ether oxygens (including phenoxy) is 1. The molecule has 116 valence electrons. The van der Waals surface area contributed by atoms with Crippen LogP contribution in [0.15, 0.2) is 23.4 Å². The van der Waals surface area contributed by atoms with Gasteiger partial charge in [0, 0.05) is 19.3 Å². The summed E-state index contributed by atoms with van der Waals surface area (Å²) in [5.41, 5.74) is 0.532. The van der Waals surface area contributed by atoms with Gasteiger partial charge in [-0.3, -0.25) is 4.21 Å². The molecule has 2 rings (SSSR count). The maximum absolute atomic E-state index is 12.5. The quantitative estimate of drug-likeness (QED) is 0.842. The number of amides is 1. The van der Waals surface area contributed by atoms with Crippen molar-refractivity contribution in [1.29, 1.82) is 0 Å². The topological polar surface area (TPSA) is 59.5 Å². The van der Waals surface area contributed by atoms with E-state index in [1.54, 1.807) is 17.2 Å². The van der Waals surface area contributed by atoms with Gasteiger partial charge in [0.2, 0.25) is 0 Å². The van der Waals surface area contributed by atoms with Gasteiger partial charge in [-0.25, -0.2) is 9.78 Å². The largest absolute Gasteiger partial charge is 0.444 e. The van der Waals surface area contributed by atoms with E-state index in [1.807, 2.05) is 33.8 Å². The molecule has 0 spiro atoms. The first-order valence-electron chi connectivity index (χ1n) is 7.07. The van der Waals surface area contributed by atoms with Gasteiger partial charge in [0.25, 0.3) is 0 Å². The molecule has 1 aliphatic rings. The molecule has 1 fully saturated rings. The summed E-state index contributed by atoms with van der Waals surface area (Å²) in [5.74, 6) is 0. The Morgan fingerprint density at radius 2 is 2.14 bits per heavy atom. The van der Waals surface area contributed by atoms with Gasteiger partial charge in [-0.1, -0.05) is 6.07 Å². The van der Waals surface area contributed by atoms with Crippen molar-refractivity contribution in [2.75, 3.05) is 13.1 Å². The number of hydrogen-bond donors (Lipinski definition) is 0. The van der Waals surface area contributed by atoms with Gasteiger partial charge in [0.15, 0.2) is 0 Å². The molecule has 2 atom stereocenters. The predicted octanol–water partition coefficient (Wildman–Crippen LogP) is 2.51. The number of rotatable bonds is 2. The summed E-state index contributed by atoms with van der Waals surface area (Å²) < 4.78 is 17.8. The molecule has 21 heavy (non-hydrogen) atoms. The average Bonchev–Trinajstić information content (AvgIpc) is 2.86. The third-order valence-electron chi connectivity index (χ3n) is 3.19. The van der Waals surface area contributed by atoms with Gasteiger partial charge in [0.1, 0.15) is 10.6 Å². The summed E-state index contributed by atoms with van der Waals surface area (Å²) in [6.45, 7) is 8.50. The summed E-state index contributed by atoms with van der Waals surface area (Å²) in [6, 6.07) is 3.70. The van der Waals surface area contributed by atoms with Crippen LogP contribution >= 0.6 is 0 Å². The summed E-state index contributed by atoms with van der Waals surface area (Å²) in [6.07, 6.45) is 2.09. The van der Waals surface area contributed by atoms with Crippen molar-refractivity contribution in [1.82, 2.24) is 9.88 Å². The molecule has 0 aliphatic carbocycles. The van der Waals surface area contributed by atoms with E-state index in [1.165, 1.54) is 0 Å². The van der Waals surface area contributed by atoms with Crippen molar-refractivity contribution in [2.45, 2.75) is 50.0 Å². The molecule has 0 radical (unpaired) electrons. The zero-order chi connectivity index (χ0) is 15.6. The standard InChI is InChI=1S/C15H22N2O3S/c1-11-5-6-13(16-9-11)21(19)12-7-8-17(10-12)14(18)20-15(2,3)4/h5-6,9,12H,7-8,10H2,1-4H3. The normalized spacial score (nSPS) is 20.4. The smallest absolute Gasteiger partial charge is 0.410 e. The first kappa shape index (κ1) is 15.9. The Bertz CT molecular complexity index is 537. The Morgan fingerprint density at radius 1 is 1.43 bits per heavy atom. The van der Waals surface area contributed by atoms with Crippen LogP contribution in [0.4, 0.5) is 4.79 Å². The lowest BCUT2D eigenvalue weighted by Crippen LogP contribution is -2.36. The van der Waals surface area contributed by atoms with Gasteiger partial charge in [-0.15, -0.1) is 0 Å². The molecule has 0 N–H and O–H groups in total. The van der Waals surface area contributed by atoms with E-state index in [4.69, 9.17) is 4.74 Å². The molecular formula is C15H22N2O3S. The second-order valence-corrected chi connectivity index (χ2v) is 7.99. The maximum atomic E-state index is 12.5. The second-order valence-electron chi connectivity index (χ2n) is 6.31.